The maximum atomic E-state index is 11.7. The van der Waals surface area contributed by atoms with Crippen LogP contribution in [0.15, 0.2) is 43.0 Å². The highest BCUT2D eigenvalue weighted by molar-refractivity contribution is 7.17. The molecule has 0 aliphatic carbocycles. The highest BCUT2D eigenvalue weighted by atomic mass is 32.1. The van der Waals surface area contributed by atoms with Crippen LogP contribution in [-0.4, -0.2) is 37.3 Å². The molecular formula is C18H16N6O2S. The molecule has 0 spiro atoms. The predicted octanol–water partition coefficient (Wildman–Crippen LogP) is 3.41. The summed E-state index contributed by atoms with van der Waals surface area (Å²) in [5.41, 5.74) is 3.47. The van der Waals surface area contributed by atoms with Gasteiger partial charge >= 0.3 is 5.97 Å². The van der Waals surface area contributed by atoms with Gasteiger partial charge in [0.25, 0.3) is 0 Å². The molecule has 1 N–H and O–H groups in total. The Labute approximate surface area is 158 Å². The SMILES string of the molecule is CCOC(=O)c1cnc(Nc2ccc3ncc(-c4cnn(C)c4)cc3n2)s1. The monoisotopic (exact) mass is 380 g/mol. The van der Waals surface area contributed by atoms with E-state index in [2.05, 4.69) is 25.4 Å². The van der Waals surface area contributed by atoms with Crippen molar-refractivity contribution >= 4 is 39.3 Å². The topological polar surface area (TPSA) is 94.8 Å². The van der Waals surface area contributed by atoms with Crippen LogP contribution in [0.5, 0.6) is 0 Å². The Kier molecular flexibility index (Phi) is 4.51. The van der Waals surface area contributed by atoms with E-state index >= 15 is 0 Å². The number of nitrogens with zero attached hydrogens (tertiary/aromatic N) is 5. The van der Waals surface area contributed by atoms with Crippen LogP contribution in [0.2, 0.25) is 0 Å². The molecule has 0 unspecified atom stereocenters. The number of ether oxygens (including phenoxy) is 1. The third-order valence-corrected chi connectivity index (χ3v) is 4.69. The first-order chi connectivity index (χ1) is 13.1. The molecule has 0 atom stereocenters. The Balaban J connectivity index is 1.60. The third kappa shape index (κ3) is 3.63. The lowest BCUT2D eigenvalue weighted by molar-refractivity contribution is 0.0532. The number of esters is 1. The molecule has 0 aliphatic rings. The summed E-state index contributed by atoms with van der Waals surface area (Å²) in [4.78, 5) is 25.5. The number of pyridine rings is 2. The molecule has 9 heteroatoms. The Bertz CT molecular complexity index is 1120. The second kappa shape index (κ2) is 7.12. The highest BCUT2D eigenvalue weighted by Crippen LogP contribution is 2.25. The van der Waals surface area contributed by atoms with Crippen molar-refractivity contribution in [1.29, 1.82) is 0 Å². The maximum Gasteiger partial charge on any atom is 0.350 e. The molecule has 0 amide bonds. The van der Waals surface area contributed by atoms with Crippen molar-refractivity contribution < 1.29 is 9.53 Å². The zero-order valence-corrected chi connectivity index (χ0v) is 15.5. The number of hydrogen-bond donors (Lipinski definition) is 1. The van der Waals surface area contributed by atoms with Crippen LogP contribution < -0.4 is 5.32 Å². The molecular weight excluding hydrogens is 364 g/mol. The minimum atomic E-state index is -0.375. The van der Waals surface area contributed by atoms with Crippen molar-refractivity contribution in [3.05, 3.63) is 47.9 Å². The van der Waals surface area contributed by atoms with Gasteiger partial charge in [0.2, 0.25) is 0 Å². The minimum Gasteiger partial charge on any atom is -0.462 e. The number of nitrogens with one attached hydrogen (secondary N) is 1. The van der Waals surface area contributed by atoms with Gasteiger partial charge in [-0.2, -0.15) is 5.10 Å². The average molecular weight is 380 g/mol. The first-order valence-electron chi connectivity index (χ1n) is 8.28. The van der Waals surface area contributed by atoms with Gasteiger partial charge in [-0.15, -0.1) is 0 Å². The number of carbonyl (C=O) groups excluding carboxylic acids is 1. The van der Waals surface area contributed by atoms with Gasteiger partial charge in [0, 0.05) is 30.6 Å². The van der Waals surface area contributed by atoms with Gasteiger partial charge < -0.3 is 10.1 Å². The lowest BCUT2D eigenvalue weighted by atomic mass is 10.1. The number of anilines is 2. The zero-order valence-electron chi connectivity index (χ0n) is 14.7. The van der Waals surface area contributed by atoms with E-state index in [1.807, 2.05) is 31.4 Å². The summed E-state index contributed by atoms with van der Waals surface area (Å²) in [6.45, 7) is 2.10. The van der Waals surface area contributed by atoms with Crippen LogP contribution in [0.4, 0.5) is 10.9 Å². The van der Waals surface area contributed by atoms with E-state index in [0.717, 1.165) is 22.2 Å². The Morgan fingerprint density at radius 2 is 2.07 bits per heavy atom. The lowest BCUT2D eigenvalue weighted by Gasteiger charge is -2.05. The largest absolute Gasteiger partial charge is 0.462 e. The summed E-state index contributed by atoms with van der Waals surface area (Å²) >= 11 is 1.22. The predicted molar refractivity (Wildman–Crippen MR) is 103 cm³/mol. The molecule has 0 aromatic carbocycles. The van der Waals surface area contributed by atoms with Crippen molar-refractivity contribution in [3.63, 3.8) is 0 Å². The van der Waals surface area contributed by atoms with Crippen LogP contribution in [0.25, 0.3) is 22.2 Å². The molecule has 136 valence electrons. The summed E-state index contributed by atoms with van der Waals surface area (Å²) in [6, 6.07) is 5.68. The van der Waals surface area contributed by atoms with Crippen molar-refractivity contribution in [1.82, 2.24) is 24.7 Å². The summed E-state index contributed by atoms with van der Waals surface area (Å²) in [6.07, 6.45) is 7.02. The van der Waals surface area contributed by atoms with Crippen LogP contribution in [0, 0.1) is 0 Å². The zero-order chi connectivity index (χ0) is 18.8. The van der Waals surface area contributed by atoms with E-state index in [1.54, 1.807) is 24.0 Å². The fourth-order valence-electron chi connectivity index (χ4n) is 2.54. The lowest BCUT2D eigenvalue weighted by Crippen LogP contribution is -2.01. The summed E-state index contributed by atoms with van der Waals surface area (Å²) in [5, 5.41) is 7.88. The number of thiazole rings is 1. The Hall–Kier alpha value is -3.33. The molecule has 4 aromatic rings. The van der Waals surface area contributed by atoms with Gasteiger partial charge in [0.05, 0.1) is 30.0 Å². The fourth-order valence-corrected chi connectivity index (χ4v) is 3.26. The number of rotatable bonds is 5. The first-order valence-corrected chi connectivity index (χ1v) is 9.10. The van der Waals surface area contributed by atoms with Crippen molar-refractivity contribution in [2.45, 2.75) is 6.92 Å². The second-order valence-corrected chi connectivity index (χ2v) is 6.77. The van der Waals surface area contributed by atoms with Gasteiger partial charge in [-0.1, -0.05) is 11.3 Å². The smallest absolute Gasteiger partial charge is 0.350 e. The number of hydrogen-bond acceptors (Lipinski definition) is 8. The van der Waals surface area contributed by atoms with Crippen molar-refractivity contribution in [3.8, 4) is 11.1 Å². The molecule has 4 aromatic heterocycles. The first kappa shape index (κ1) is 17.1. The minimum absolute atomic E-state index is 0.331. The summed E-state index contributed by atoms with van der Waals surface area (Å²) in [7, 11) is 1.87. The number of carbonyl (C=O) groups is 1. The number of fused-ring (bicyclic) bond motifs is 1. The number of aryl methyl sites for hydroxylation is 1. The molecule has 0 bridgehead atoms. The van der Waals surface area contributed by atoms with Gasteiger partial charge in [0.1, 0.15) is 10.7 Å². The Morgan fingerprint density at radius 3 is 2.85 bits per heavy atom. The third-order valence-electron chi connectivity index (χ3n) is 3.79. The van der Waals surface area contributed by atoms with Gasteiger partial charge in [-0.25, -0.2) is 14.8 Å². The highest BCUT2D eigenvalue weighted by Gasteiger charge is 2.12. The number of aromatic nitrogens is 5. The van der Waals surface area contributed by atoms with Crippen LogP contribution in [0.3, 0.4) is 0 Å². The Morgan fingerprint density at radius 1 is 1.19 bits per heavy atom. The maximum absolute atomic E-state index is 11.7. The molecule has 27 heavy (non-hydrogen) atoms. The van der Waals surface area contributed by atoms with E-state index in [-0.39, 0.29) is 5.97 Å². The van der Waals surface area contributed by atoms with E-state index in [1.165, 1.54) is 17.5 Å². The van der Waals surface area contributed by atoms with E-state index in [4.69, 9.17) is 4.74 Å². The van der Waals surface area contributed by atoms with E-state index in [0.29, 0.717) is 22.4 Å². The van der Waals surface area contributed by atoms with Crippen molar-refractivity contribution in [2.75, 3.05) is 11.9 Å². The fraction of sp³-hybridized carbons (Fsp3) is 0.167. The second-order valence-electron chi connectivity index (χ2n) is 5.74. The van der Waals surface area contributed by atoms with Crippen LogP contribution in [0.1, 0.15) is 16.6 Å². The van der Waals surface area contributed by atoms with Gasteiger partial charge in [-0.05, 0) is 25.1 Å². The summed E-state index contributed by atoms with van der Waals surface area (Å²) < 4.78 is 6.72. The van der Waals surface area contributed by atoms with E-state index in [9.17, 15) is 4.79 Å². The average Bonchev–Trinajstić information content (AvgIpc) is 3.30. The molecule has 4 heterocycles. The molecule has 0 aliphatic heterocycles. The quantitative estimate of drug-likeness (QED) is 0.530. The van der Waals surface area contributed by atoms with E-state index < -0.39 is 0 Å². The van der Waals surface area contributed by atoms with Crippen LogP contribution in [-0.2, 0) is 11.8 Å². The summed E-state index contributed by atoms with van der Waals surface area (Å²) in [5.74, 6) is 0.247. The molecule has 0 saturated carbocycles. The molecule has 4 rings (SSSR count). The normalized spacial score (nSPS) is 10.9. The van der Waals surface area contributed by atoms with Gasteiger partial charge in [0.15, 0.2) is 5.13 Å². The molecule has 0 fully saturated rings. The standard InChI is InChI=1S/C18H16N6O2S/c1-3-26-17(25)15-9-20-18(27-15)23-16-5-4-13-14(22-16)6-11(7-19-13)12-8-21-24(2)10-12/h4-10H,3H2,1-2H3,(H,20,22,23). The molecule has 0 radical (unpaired) electrons. The molecule has 8 nitrogen and oxygen atoms in total. The van der Waals surface area contributed by atoms with Gasteiger partial charge in [-0.3, -0.25) is 9.67 Å². The van der Waals surface area contributed by atoms with Crippen molar-refractivity contribution in [2.24, 2.45) is 7.05 Å². The molecule has 0 saturated heterocycles. The van der Waals surface area contributed by atoms with Crippen LogP contribution >= 0.6 is 11.3 Å².